The van der Waals surface area contributed by atoms with E-state index in [0.29, 0.717) is 19.5 Å². The first-order valence-corrected chi connectivity index (χ1v) is 10.9. The van der Waals surface area contributed by atoms with Gasteiger partial charge in [-0.25, -0.2) is 0 Å². The summed E-state index contributed by atoms with van der Waals surface area (Å²) in [7, 11) is 0. The van der Waals surface area contributed by atoms with E-state index in [-0.39, 0.29) is 12.5 Å². The molecule has 0 aromatic carbocycles. The second-order valence-electron chi connectivity index (χ2n) is 7.58. The molecule has 0 aromatic rings. The van der Waals surface area contributed by atoms with Crippen LogP contribution in [0.2, 0.25) is 0 Å². The highest BCUT2D eigenvalue weighted by molar-refractivity contribution is 5.81. The highest BCUT2D eigenvalue weighted by Crippen LogP contribution is 2.13. The van der Waals surface area contributed by atoms with Crippen LogP contribution in [0.25, 0.3) is 0 Å². The highest BCUT2D eigenvalue weighted by Gasteiger charge is 2.16. The van der Waals surface area contributed by atoms with Crippen molar-refractivity contribution in [2.24, 2.45) is 5.73 Å². The molecule has 1 atom stereocenters. The van der Waals surface area contributed by atoms with Crippen molar-refractivity contribution in [3.8, 4) is 0 Å². The Morgan fingerprint density at radius 3 is 1.56 bits per heavy atom. The summed E-state index contributed by atoms with van der Waals surface area (Å²) in [6, 6.07) is -0.499. The van der Waals surface area contributed by atoms with Gasteiger partial charge in [0, 0.05) is 19.5 Å². The van der Waals surface area contributed by atoms with Gasteiger partial charge in [0.2, 0.25) is 5.91 Å². The molecule has 160 valence electrons. The SMILES string of the molecule is C[C@H](N)C(=O)N(CCO)CCCCCCCCCCCCCCCC(=O)O. The van der Waals surface area contributed by atoms with Crippen molar-refractivity contribution in [2.45, 2.75) is 103 Å². The van der Waals surface area contributed by atoms with E-state index in [0.717, 1.165) is 32.1 Å². The predicted molar refractivity (Wildman–Crippen MR) is 110 cm³/mol. The van der Waals surface area contributed by atoms with E-state index in [9.17, 15) is 9.59 Å². The normalized spacial score (nSPS) is 12.1. The molecule has 0 aliphatic rings. The number of unbranched alkanes of at least 4 members (excludes halogenated alkanes) is 12. The average Bonchev–Trinajstić information content (AvgIpc) is 2.63. The van der Waals surface area contributed by atoms with Gasteiger partial charge in [0.25, 0.3) is 0 Å². The third-order valence-corrected chi connectivity index (χ3v) is 4.89. The van der Waals surface area contributed by atoms with E-state index in [2.05, 4.69) is 0 Å². The molecule has 0 rings (SSSR count). The molecule has 0 unspecified atom stereocenters. The number of nitrogens with two attached hydrogens (primary N) is 1. The summed E-state index contributed by atoms with van der Waals surface area (Å²) in [5, 5.41) is 17.6. The summed E-state index contributed by atoms with van der Waals surface area (Å²) in [6.45, 7) is 2.74. The Balaban J connectivity index is 3.37. The Morgan fingerprint density at radius 2 is 1.19 bits per heavy atom. The first-order valence-electron chi connectivity index (χ1n) is 10.9. The molecule has 0 spiro atoms. The second kappa shape index (κ2) is 18.2. The average molecular weight is 387 g/mol. The number of carboxylic acids is 1. The number of amides is 1. The van der Waals surface area contributed by atoms with Gasteiger partial charge in [0.05, 0.1) is 12.6 Å². The zero-order valence-corrected chi connectivity index (χ0v) is 17.3. The molecule has 0 aliphatic heterocycles. The van der Waals surface area contributed by atoms with Crippen LogP contribution in [0, 0.1) is 0 Å². The number of hydrogen-bond acceptors (Lipinski definition) is 4. The molecule has 0 heterocycles. The zero-order chi connectivity index (χ0) is 20.3. The van der Waals surface area contributed by atoms with Crippen molar-refractivity contribution in [1.29, 1.82) is 0 Å². The summed E-state index contributed by atoms with van der Waals surface area (Å²) in [5.74, 6) is -0.762. The lowest BCUT2D eigenvalue weighted by Gasteiger charge is -2.23. The van der Waals surface area contributed by atoms with Gasteiger partial charge in [0.1, 0.15) is 0 Å². The van der Waals surface area contributed by atoms with E-state index >= 15 is 0 Å². The second-order valence-corrected chi connectivity index (χ2v) is 7.58. The number of aliphatic carboxylic acids is 1. The molecule has 0 bridgehead atoms. The van der Waals surface area contributed by atoms with Gasteiger partial charge in [-0.2, -0.15) is 0 Å². The van der Waals surface area contributed by atoms with Crippen LogP contribution >= 0.6 is 0 Å². The number of aliphatic hydroxyl groups is 1. The Morgan fingerprint density at radius 1 is 0.778 bits per heavy atom. The molecule has 1 amide bonds. The molecule has 6 heteroatoms. The zero-order valence-electron chi connectivity index (χ0n) is 17.3. The summed E-state index contributed by atoms with van der Waals surface area (Å²) in [6.07, 6.45) is 15.5. The number of carboxylic acid groups (broad SMARTS) is 1. The quantitative estimate of drug-likeness (QED) is 0.294. The summed E-state index contributed by atoms with van der Waals surface area (Å²) < 4.78 is 0. The lowest BCUT2D eigenvalue weighted by atomic mass is 10.0. The fraction of sp³-hybridized carbons (Fsp3) is 0.905. The van der Waals surface area contributed by atoms with Crippen molar-refractivity contribution in [2.75, 3.05) is 19.7 Å². The smallest absolute Gasteiger partial charge is 0.303 e. The summed E-state index contributed by atoms with van der Waals surface area (Å²) >= 11 is 0. The predicted octanol–water partition coefficient (Wildman–Crippen LogP) is 3.70. The topological polar surface area (TPSA) is 104 Å². The third-order valence-electron chi connectivity index (χ3n) is 4.89. The van der Waals surface area contributed by atoms with Gasteiger partial charge in [-0.1, -0.05) is 70.6 Å². The minimum atomic E-state index is -0.684. The highest BCUT2D eigenvalue weighted by atomic mass is 16.4. The molecular weight excluding hydrogens is 344 g/mol. The van der Waals surface area contributed by atoms with Crippen LogP contribution < -0.4 is 5.73 Å². The Hall–Kier alpha value is -1.14. The fourth-order valence-electron chi connectivity index (χ4n) is 3.26. The van der Waals surface area contributed by atoms with E-state index in [4.69, 9.17) is 15.9 Å². The van der Waals surface area contributed by atoms with E-state index in [1.165, 1.54) is 51.4 Å². The van der Waals surface area contributed by atoms with Gasteiger partial charge in [0.15, 0.2) is 0 Å². The third kappa shape index (κ3) is 16.7. The maximum absolute atomic E-state index is 11.9. The summed E-state index contributed by atoms with van der Waals surface area (Å²) in [4.78, 5) is 24.0. The van der Waals surface area contributed by atoms with Gasteiger partial charge in [-0.15, -0.1) is 0 Å². The molecule has 0 fully saturated rings. The molecule has 0 saturated carbocycles. The molecule has 27 heavy (non-hydrogen) atoms. The van der Waals surface area contributed by atoms with E-state index < -0.39 is 12.0 Å². The van der Waals surface area contributed by atoms with Crippen molar-refractivity contribution in [3.05, 3.63) is 0 Å². The number of hydrogen-bond donors (Lipinski definition) is 3. The van der Waals surface area contributed by atoms with Crippen LogP contribution in [0.3, 0.4) is 0 Å². The monoisotopic (exact) mass is 386 g/mol. The number of nitrogens with zero attached hydrogens (tertiary/aromatic N) is 1. The first-order chi connectivity index (χ1) is 13.0. The van der Waals surface area contributed by atoms with E-state index in [1.54, 1.807) is 11.8 Å². The van der Waals surface area contributed by atoms with Gasteiger partial charge < -0.3 is 20.8 Å². The molecule has 6 nitrogen and oxygen atoms in total. The first kappa shape index (κ1) is 25.9. The van der Waals surface area contributed by atoms with Crippen LogP contribution in [0.5, 0.6) is 0 Å². The fourth-order valence-corrected chi connectivity index (χ4v) is 3.26. The maximum atomic E-state index is 11.9. The number of rotatable bonds is 19. The molecule has 0 radical (unpaired) electrons. The van der Waals surface area contributed by atoms with Crippen LogP contribution in [-0.4, -0.2) is 52.7 Å². The van der Waals surface area contributed by atoms with Crippen molar-refractivity contribution < 1.29 is 19.8 Å². The largest absolute Gasteiger partial charge is 0.481 e. The molecule has 0 saturated heterocycles. The van der Waals surface area contributed by atoms with Gasteiger partial charge in [-0.05, 0) is 19.8 Å². The van der Waals surface area contributed by atoms with E-state index in [1.807, 2.05) is 0 Å². The molecular formula is C21H42N2O4. The van der Waals surface area contributed by atoms with Crippen molar-refractivity contribution in [3.63, 3.8) is 0 Å². The summed E-state index contributed by atoms with van der Waals surface area (Å²) in [5.41, 5.74) is 5.63. The lowest BCUT2D eigenvalue weighted by molar-refractivity contribution is -0.137. The van der Waals surface area contributed by atoms with Gasteiger partial charge >= 0.3 is 5.97 Å². The number of carbonyl (C=O) groups is 2. The van der Waals surface area contributed by atoms with Crippen molar-refractivity contribution in [1.82, 2.24) is 4.90 Å². The Bertz CT molecular complexity index is 375. The standard InChI is InChI=1S/C21H42N2O4/c1-19(22)21(27)23(17-18-24)16-14-12-10-8-6-4-2-3-5-7-9-11-13-15-20(25)26/h19,24H,2-18,22H2,1H3,(H,25,26)/t19-/m0/s1. The van der Waals surface area contributed by atoms with Crippen LogP contribution in [0.1, 0.15) is 96.8 Å². The molecule has 0 aliphatic carbocycles. The number of aliphatic hydroxyl groups excluding tert-OH is 1. The Kier molecular flexibility index (Phi) is 17.5. The minimum absolute atomic E-state index is 0.0131. The molecule has 0 aromatic heterocycles. The molecule has 4 N–H and O–H groups in total. The van der Waals surface area contributed by atoms with Gasteiger partial charge in [-0.3, -0.25) is 9.59 Å². The Labute approximate surface area is 165 Å². The van der Waals surface area contributed by atoms with Crippen LogP contribution in [-0.2, 0) is 9.59 Å². The van der Waals surface area contributed by atoms with Crippen molar-refractivity contribution >= 4 is 11.9 Å². The minimum Gasteiger partial charge on any atom is -0.481 e. The number of carbonyl (C=O) groups excluding carboxylic acids is 1. The van der Waals surface area contributed by atoms with Crippen LogP contribution in [0.4, 0.5) is 0 Å². The van der Waals surface area contributed by atoms with Crippen LogP contribution in [0.15, 0.2) is 0 Å². The maximum Gasteiger partial charge on any atom is 0.303 e. The lowest BCUT2D eigenvalue weighted by Crippen LogP contribution is -2.43.